The molecule has 672 valence electrons. The van der Waals surface area contributed by atoms with Crippen LogP contribution in [0.1, 0.15) is 0 Å². The Balaban J connectivity index is 0.000000103. The molecule has 0 fully saturated rings. The third-order valence-electron chi connectivity index (χ3n) is 28.3. The standard InChI is InChI=1S/C50H32N4.C40H23N3O2.C40H23N3S2/c1-4-15-33(16-5-1)47-49-48(41-25-12-13-26-44(41)54(49)40-23-8-3-9-24-40)52-50(51-47)38-20-14-19-34(29-38)37-27-28-45-42(31-37)43-30-35-17-10-11-18-36(35)32-46(43)53(45)39-21-6-2-7-22-39;2*1-2-12-24(13-3-1)43-32-21-7-4-16-29(32)35-37(43)36(30-19-10-17-27-25-14-5-8-22-33(25)44-38(27)30)42-40(41-35)31-20-11-18-28-26-15-6-9-23-34(26)45-39(28)31/h1-32H;2*1-23H. The van der Waals surface area contributed by atoms with Gasteiger partial charge in [0.15, 0.2) is 17.5 Å². The molecule has 0 bridgehead atoms. The molecule has 144 heavy (non-hydrogen) atoms. The number of aromatic nitrogens is 10. The maximum Gasteiger partial charge on any atom is 0.164 e. The molecular weight excluding hydrogens is 1800 g/mol. The largest absolute Gasteiger partial charge is 0.455 e. The minimum absolute atomic E-state index is 0.603. The van der Waals surface area contributed by atoms with Gasteiger partial charge in [-0.05, 0) is 161 Å². The number of hydrogen-bond donors (Lipinski definition) is 0. The zero-order valence-electron chi connectivity index (χ0n) is 77.1. The van der Waals surface area contributed by atoms with Crippen LogP contribution in [0.2, 0.25) is 0 Å². The zero-order chi connectivity index (χ0) is 94.6. The third-order valence-corrected chi connectivity index (χ3v) is 30.8. The van der Waals surface area contributed by atoms with Crippen molar-refractivity contribution in [2.75, 3.05) is 0 Å². The van der Waals surface area contributed by atoms with Crippen LogP contribution in [0, 0.1) is 0 Å². The molecule has 20 aromatic carbocycles. The fraction of sp³-hybridized carbons (Fsp3) is 0. The van der Waals surface area contributed by atoms with Crippen molar-refractivity contribution < 1.29 is 8.83 Å². The van der Waals surface area contributed by atoms with Gasteiger partial charge in [-0.2, -0.15) is 0 Å². The SMILES string of the molecule is c1ccc(-c2nc(-c3cccc(-c4ccc5c(c4)c4cc6ccccc6cc4n5-c4ccccc4)c3)nc3c4ccccc4n(-c4ccccc4)c23)cc1.c1ccc(-n2c3ccccc3c3nc(-c4cccc5c4oc4ccccc45)nc(-c4cccc5c4oc4ccccc45)c32)cc1.c1ccc(-n2c3ccccc3c3nc(-c4cccc5c4sc4ccccc45)nc(-c4cccc5c4sc4ccccc45)c32)cc1. The van der Waals surface area contributed by atoms with Crippen LogP contribution in [0.3, 0.4) is 0 Å². The summed E-state index contributed by atoms with van der Waals surface area (Å²) in [6, 6.07) is 166. The van der Waals surface area contributed by atoms with Gasteiger partial charge in [0.1, 0.15) is 50.3 Å². The van der Waals surface area contributed by atoms with Crippen LogP contribution in [0.25, 0.3) is 284 Å². The summed E-state index contributed by atoms with van der Waals surface area (Å²) >= 11 is 3.66. The highest BCUT2D eigenvalue weighted by Gasteiger charge is 2.30. The molecule has 14 heteroatoms. The lowest BCUT2D eigenvalue weighted by molar-refractivity contribution is 0.669. The number of benzene rings is 20. The summed E-state index contributed by atoms with van der Waals surface area (Å²) < 4.78 is 27.4. The van der Waals surface area contributed by atoms with Crippen LogP contribution in [-0.4, -0.2) is 48.2 Å². The molecule has 0 amide bonds. The molecule has 0 aliphatic rings. The highest BCUT2D eigenvalue weighted by atomic mass is 32.1. The second kappa shape index (κ2) is 33.5. The molecule has 0 radical (unpaired) electrons. The lowest BCUT2D eigenvalue weighted by Gasteiger charge is -2.13. The van der Waals surface area contributed by atoms with E-state index in [4.69, 9.17) is 38.7 Å². The Morgan fingerprint density at radius 1 is 0.188 bits per heavy atom. The Morgan fingerprint density at radius 2 is 0.535 bits per heavy atom. The fourth-order valence-corrected chi connectivity index (χ4v) is 24.3. The van der Waals surface area contributed by atoms with Gasteiger partial charge in [0, 0.05) is 139 Å². The predicted molar refractivity (Wildman–Crippen MR) is 599 cm³/mol. The third kappa shape index (κ3) is 13.3. The van der Waals surface area contributed by atoms with Crippen molar-refractivity contribution in [1.29, 1.82) is 0 Å². The molecule has 11 heterocycles. The monoisotopic (exact) mass is 1870 g/mol. The number of hydrogen-bond acceptors (Lipinski definition) is 10. The molecule has 0 N–H and O–H groups in total. The highest BCUT2D eigenvalue weighted by Crippen LogP contribution is 2.50. The van der Waals surface area contributed by atoms with E-state index >= 15 is 0 Å². The first-order chi connectivity index (χ1) is 71.4. The van der Waals surface area contributed by atoms with Crippen LogP contribution in [0.4, 0.5) is 0 Å². The first-order valence-corrected chi connectivity index (χ1v) is 50.0. The Labute approximate surface area is 831 Å². The number of furan rings is 2. The van der Waals surface area contributed by atoms with Crippen molar-refractivity contribution in [2.24, 2.45) is 0 Å². The number of nitrogens with zero attached hydrogens (tertiary/aromatic N) is 10. The van der Waals surface area contributed by atoms with E-state index in [-0.39, 0.29) is 0 Å². The van der Waals surface area contributed by atoms with E-state index in [1.165, 1.54) is 72.9 Å². The molecule has 31 aromatic rings. The van der Waals surface area contributed by atoms with E-state index in [2.05, 4.69) is 443 Å². The first-order valence-electron chi connectivity index (χ1n) is 48.4. The van der Waals surface area contributed by atoms with E-state index in [1.807, 2.05) is 71.2 Å². The van der Waals surface area contributed by atoms with Crippen molar-refractivity contribution in [1.82, 2.24) is 48.2 Å². The number of rotatable bonds is 11. The Kier molecular flexibility index (Phi) is 19.1. The van der Waals surface area contributed by atoms with Crippen LogP contribution in [0.15, 0.2) is 482 Å². The van der Waals surface area contributed by atoms with E-state index in [0.717, 1.165) is 200 Å². The van der Waals surface area contributed by atoms with Crippen molar-refractivity contribution in [3.8, 4) is 102 Å². The fourth-order valence-electron chi connectivity index (χ4n) is 21.9. The molecule has 0 saturated heterocycles. The maximum absolute atomic E-state index is 6.57. The summed E-state index contributed by atoms with van der Waals surface area (Å²) in [4.78, 5) is 32.5. The number of para-hydroxylation sites is 11. The minimum atomic E-state index is 0.603. The first kappa shape index (κ1) is 82.2. The minimum Gasteiger partial charge on any atom is -0.455 e. The van der Waals surface area contributed by atoms with Crippen LogP contribution >= 0.6 is 22.7 Å². The lowest BCUT2D eigenvalue weighted by Crippen LogP contribution is -2.00. The summed E-state index contributed by atoms with van der Waals surface area (Å²) in [7, 11) is 0. The second-order valence-electron chi connectivity index (χ2n) is 36.5. The van der Waals surface area contributed by atoms with Crippen molar-refractivity contribution in [2.45, 2.75) is 0 Å². The molecule has 31 rings (SSSR count). The zero-order valence-corrected chi connectivity index (χ0v) is 78.8. The van der Waals surface area contributed by atoms with Crippen LogP contribution < -0.4 is 0 Å². The summed E-state index contributed by atoms with van der Waals surface area (Å²) in [6.07, 6.45) is 0. The van der Waals surface area contributed by atoms with Crippen molar-refractivity contribution in [3.05, 3.63) is 473 Å². The molecular formula is C130H78N10O2S2. The summed E-state index contributed by atoms with van der Waals surface area (Å²) in [5.74, 6) is 2.06. The van der Waals surface area contributed by atoms with Crippen LogP contribution in [-0.2, 0) is 0 Å². The van der Waals surface area contributed by atoms with E-state index < -0.39 is 0 Å². The second-order valence-corrected chi connectivity index (χ2v) is 38.6. The topological polar surface area (TPSA) is 123 Å². The highest BCUT2D eigenvalue weighted by molar-refractivity contribution is 7.26. The van der Waals surface area contributed by atoms with Gasteiger partial charge < -0.3 is 27.1 Å². The molecule has 0 spiro atoms. The molecule has 0 aliphatic heterocycles. The molecule has 12 nitrogen and oxygen atoms in total. The molecule has 0 unspecified atom stereocenters. The van der Waals surface area contributed by atoms with E-state index in [1.54, 1.807) is 0 Å². The van der Waals surface area contributed by atoms with Gasteiger partial charge in [0.05, 0.1) is 55.4 Å². The Morgan fingerprint density at radius 3 is 1.08 bits per heavy atom. The summed E-state index contributed by atoms with van der Waals surface area (Å²) in [5.41, 5.74) is 29.9. The van der Waals surface area contributed by atoms with Crippen molar-refractivity contribution >= 4 is 205 Å². The van der Waals surface area contributed by atoms with Gasteiger partial charge >= 0.3 is 0 Å². The van der Waals surface area contributed by atoms with Gasteiger partial charge in [-0.1, -0.05) is 334 Å². The smallest absolute Gasteiger partial charge is 0.164 e. The van der Waals surface area contributed by atoms with Gasteiger partial charge in [-0.15, -0.1) is 22.7 Å². The quantitative estimate of drug-likeness (QED) is 0.125. The normalized spacial score (nSPS) is 11.9. The predicted octanol–water partition coefficient (Wildman–Crippen LogP) is 35.2. The summed E-state index contributed by atoms with van der Waals surface area (Å²) in [6.45, 7) is 0. The van der Waals surface area contributed by atoms with Crippen molar-refractivity contribution in [3.63, 3.8) is 0 Å². The average Bonchev–Trinajstić information content (AvgIpc) is 1.56. The van der Waals surface area contributed by atoms with Crippen LogP contribution in [0.5, 0.6) is 0 Å². The van der Waals surface area contributed by atoms with Gasteiger partial charge in [0.2, 0.25) is 0 Å². The van der Waals surface area contributed by atoms with E-state index in [0.29, 0.717) is 11.6 Å². The van der Waals surface area contributed by atoms with Gasteiger partial charge in [-0.3, -0.25) is 0 Å². The summed E-state index contributed by atoms with van der Waals surface area (Å²) in [5, 5.41) is 17.5. The maximum atomic E-state index is 6.57. The Bertz CT molecular complexity index is 10300. The average molecular weight is 1880 g/mol. The molecule has 11 aromatic heterocycles. The van der Waals surface area contributed by atoms with E-state index in [9.17, 15) is 0 Å². The lowest BCUT2D eigenvalue weighted by atomic mass is 9.99. The Hall–Kier alpha value is -18.9. The van der Waals surface area contributed by atoms with Gasteiger partial charge in [-0.25, -0.2) is 29.9 Å². The van der Waals surface area contributed by atoms with Gasteiger partial charge in [0.25, 0.3) is 0 Å². The molecule has 0 saturated carbocycles. The number of fused-ring (bicyclic) bond motifs is 25. The molecule has 0 atom stereocenters. The number of thiophene rings is 2. The molecule has 0 aliphatic carbocycles.